The van der Waals surface area contributed by atoms with Gasteiger partial charge in [-0.05, 0) is 64.0 Å². The third kappa shape index (κ3) is 3.60. The molecule has 2 heterocycles. The Hall–Kier alpha value is -1.46. The first-order valence-electron chi connectivity index (χ1n) is 7.66. The van der Waals surface area contributed by atoms with Crippen LogP contribution in [0.4, 0.5) is 4.39 Å². The third-order valence-electron chi connectivity index (χ3n) is 4.26. The normalized spacial score (nSPS) is 17.6. The molecule has 1 N–H and O–H groups in total. The molecule has 0 aliphatic carbocycles. The van der Waals surface area contributed by atoms with Crippen LogP contribution in [0.3, 0.4) is 0 Å². The van der Waals surface area contributed by atoms with Gasteiger partial charge < -0.3 is 9.73 Å². The molecular formula is C16H22FN3O. The maximum absolute atomic E-state index is 13.1. The lowest BCUT2D eigenvalue weighted by molar-refractivity contribution is 0.161. The molecule has 1 aliphatic heterocycles. The van der Waals surface area contributed by atoms with Gasteiger partial charge in [0.25, 0.3) is 0 Å². The van der Waals surface area contributed by atoms with Crippen molar-refractivity contribution in [1.82, 2.24) is 15.2 Å². The van der Waals surface area contributed by atoms with E-state index < -0.39 is 0 Å². The van der Waals surface area contributed by atoms with Crippen molar-refractivity contribution in [3.05, 3.63) is 29.9 Å². The molecule has 2 aromatic rings. The summed E-state index contributed by atoms with van der Waals surface area (Å²) in [7, 11) is 2.01. The van der Waals surface area contributed by atoms with E-state index in [9.17, 15) is 4.39 Å². The van der Waals surface area contributed by atoms with Crippen LogP contribution in [0.2, 0.25) is 0 Å². The highest BCUT2D eigenvalue weighted by Crippen LogP contribution is 2.23. The lowest BCUT2D eigenvalue weighted by atomic mass is 9.93. The molecule has 21 heavy (non-hydrogen) atoms. The highest BCUT2D eigenvalue weighted by atomic mass is 19.1. The van der Waals surface area contributed by atoms with E-state index in [1.165, 1.54) is 31.4 Å². The van der Waals surface area contributed by atoms with Crippen molar-refractivity contribution in [1.29, 1.82) is 0 Å². The number of nitrogens with zero attached hydrogens (tertiary/aromatic N) is 2. The van der Waals surface area contributed by atoms with E-state index >= 15 is 0 Å². The molecule has 1 aliphatic rings. The number of oxazole rings is 1. The molecule has 0 atom stereocenters. The topological polar surface area (TPSA) is 41.3 Å². The van der Waals surface area contributed by atoms with Crippen LogP contribution in [0.15, 0.2) is 22.6 Å². The largest absolute Gasteiger partial charge is 0.439 e. The standard InChI is InChI=1S/C16H22FN3O/c1-18-7-4-12-5-8-20(9-6-12)11-16-19-14-3-2-13(17)10-15(14)21-16/h2-3,10,12,18H,4-9,11H2,1H3. The average Bonchev–Trinajstić information content (AvgIpc) is 2.88. The molecule has 0 unspecified atom stereocenters. The molecule has 3 rings (SSSR count). The van der Waals surface area contributed by atoms with E-state index in [-0.39, 0.29) is 5.82 Å². The maximum atomic E-state index is 13.1. The molecule has 0 saturated carbocycles. The number of aromatic nitrogens is 1. The summed E-state index contributed by atoms with van der Waals surface area (Å²) in [5, 5.41) is 3.22. The summed E-state index contributed by atoms with van der Waals surface area (Å²) in [5.41, 5.74) is 1.27. The highest BCUT2D eigenvalue weighted by molar-refractivity contribution is 5.72. The van der Waals surface area contributed by atoms with Gasteiger partial charge in [0, 0.05) is 6.07 Å². The molecule has 114 valence electrons. The molecule has 0 bridgehead atoms. The predicted molar refractivity (Wildman–Crippen MR) is 80.5 cm³/mol. The SMILES string of the molecule is CNCCC1CCN(Cc2nc3ccc(F)cc3o2)CC1. The third-order valence-corrected chi connectivity index (χ3v) is 4.26. The molecule has 1 fully saturated rings. The summed E-state index contributed by atoms with van der Waals surface area (Å²) in [5.74, 6) is 1.23. The minimum absolute atomic E-state index is 0.282. The van der Waals surface area contributed by atoms with Gasteiger partial charge >= 0.3 is 0 Å². The minimum atomic E-state index is -0.282. The van der Waals surface area contributed by atoms with Gasteiger partial charge in [0.1, 0.15) is 11.3 Å². The minimum Gasteiger partial charge on any atom is -0.439 e. The average molecular weight is 291 g/mol. The Bertz CT molecular complexity index is 590. The van der Waals surface area contributed by atoms with Crippen LogP contribution in [-0.4, -0.2) is 36.6 Å². The van der Waals surface area contributed by atoms with Gasteiger partial charge in [-0.25, -0.2) is 9.37 Å². The summed E-state index contributed by atoms with van der Waals surface area (Å²) in [6.45, 7) is 3.99. The Labute approximate surface area is 124 Å². The molecule has 0 amide bonds. The van der Waals surface area contributed by atoms with Crippen molar-refractivity contribution in [3.8, 4) is 0 Å². The van der Waals surface area contributed by atoms with Crippen LogP contribution in [0, 0.1) is 11.7 Å². The van der Waals surface area contributed by atoms with E-state index in [0.29, 0.717) is 11.5 Å². The molecule has 1 saturated heterocycles. The highest BCUT2D eigenvalue weighted by Gasteiger charge is 2.20. The Morgan fingerprint density at radius 1 is 1.38 bits per heavy atom. The second-order valence-corrected chi connectivity index (χ2v) is 5.83. The van der Waals surface area contributed by atoms with Crippen molar-refractivity contribution in [2.24, 2.45) is 5.92 Å². The van der Waals surface area contributed by atoms with Crippen molar-refractivity contribution < 1.29 is 8.81 Å². The lowest BCUT2D eigenvalue weighted by Crippen LogP contribution is -2.34. The Kier molecular flexibility index (Phi) is 4.51. The molecule has 0 radical (unpaired) electrons. The fourth-order valence-electron chi connectivity index (χ4n) is 2.99. The van der Waals surface area contributed by atoms with Crippen LogP contribution >= 0.6 is 0 Å². The fraction of sp³-hybridized carbons (Fsp3) is 0.562. The number of benzene rings is 1. The summed E-state index contributed by atoms with van der Waals surface area (Å²) >= 11 is 0. The summed E-state index contributed by atoms with van der Waals surface area (Å²) in [6, 6.07) is 4.49. The number of rotatable bonds is 5. The zero-order chi connectivity index (χ0) is 14.7. The number of halogens is 1. The van der Waals surface area contributed by atoms with Crippen molar-refractivity contribution in [2.45, 2.75) is 25.8 Å². The van der Waals surface area contributed by atoms with Crippen LogP contribution in [0.25, 0.3) is 11.1 Å². The maximum Gasteiger partial charge on any atom is 0.209 e. The molecule has 0 spiro atoms. The van der Waals surface area contributed by atoms with Gasteiger partial charge in [0.05, 0.1) is 6.54 Å². The molecule has 1 aromatic carbocycles. The zero-order valence-electron chi connectivity index (χ0n) is 12.4. The van der Waals surface area contributed by atoms with Gasteiger partial charge in [-0.1, -0.05) is 0 Å². The van der Waals surface area contributed by atoms with E-state index in [1.54, 1.807) is 6.07 Å². The van der Waals surface area contributed by atoms with E-state index in [4.69, 9.17) is 4.42 Å². The second-order valence-electron chi connectivity index (χ2n) is 5.83. The summed E-state index contributed by atoms with van der Waals surface area (Å²) < 4.78 is 18.8. The Morgan fingerprint density at radius 3 is 2.95 bits per heavy atom. The van der Waals surface area contributed by atoms with Gasteiger partial charge in [0.15, 0.2) is 5.58 Å². The predicted octanol–water partition coefficient (Wildman–Crippen LogP) is 2.79. The first-order chi connectivity index (χ1) is 10.2. The molecular weight excluding hydrogens is 269 g/mol. The quantitative estimate of drug-likeness (QED) is 0.919. The number of piperidine rings is 1. The number of fused-ring (bicyclic) bond motifs is 1. The van der Waals surface area contributed by atoms with Crippen LogP contribution in [0.1, 0.15) is 25.2 Å². The van der Waals surface area contributed by atoms with Gasteiger partial charge in [-0.15, -0.1) is 0 Å². The van der Waals surface area contributed by atoms with E-state index in [1.807, 2.05) is 7.05 Å². The zero-order valence-corrected chi connectivity index (χ0v) is 12.4. The van der Waals surface area contributed by atoms with Crippen molar-refractivity contribution in [3.63, 3.8) is 0 Å². The first-order valence-corrected chi connectivity index (χ1v) is 7.66. The molecule has 1 aromatic heterocycles. The first kappa shape index (κ1) is 14.5. The Morgan fingerprint density at radius 2 is 2.19 bits per heavy atom. The number of hydrogen-bond acceptors (Lipinski definition) is 4. The van der Waals surface area contributed by atoms with Crippen LogP contribution in [-0.2, 0) is 6.54 Å². The number of hydrogen-bond donors (Lipinski definition) is 1. The van der Waals surface area contributed by atoms with Crippen molar-refractivity contribution in [2.75, 3.05) is 26.7 Å². The Balaban J connectivity index is 1.56. The number of likely N-dealkylation sites (tertiary alicyclic amines) is 1. The van der Waals surface area contributed by atoms with E-state index in [0.717, 1.165) is 37.6 Å². The number of nitrogens with one attached hydrogen (secondary N) is 1. The summed E-state index contributed by atoms with van der Waals surface area (Å²) in [6.07, 6.45) is 3.72. The van der Waals surface area contributed by atoms with Crippen molar-refractivity contribution >= 4 is 11.1 Å². The summed E-state index contributed by atoms with van der Waals surface area (Å²) in [4.78, 5) is 6.80. The monoisotopic (exact) mass is 291 g/mol. The van der Waals surface area contributed by atoms with Crippen LogP contribution < -0.4 is 5.32 Å². The fourth-order valence-corrected chi connectivity index (χ4v) is 2.99. The van der Waals surface area contributed by atoms with Crippen LogP contribution in [0.5, 0.6) is 0 Å². The van der Waals surface area contributed by atoms with Gasteiger partial charge in [-0.3, -0.25) is 4.90 Å². The van der Waals surface area contributed by atoms with Gasteiger partial charge in [-0.2, -0.15) is 0 Å². The molecule has 5 heteroatoms. The van der Waals surface area contributed by atoms with Gasteiger partial charge in [0.2, 0.25) is 5.89 Å². The molecule has 4 nitrogen and oxygen atoms in total. The lowest BCUT2D eigenvalue weighted by Gasteiger charge is -2.31. The smallest absolute Gasteiger partial charge is 0.209 e. The second kappa shape index (κ2) is 6.54. The van der Waals surface area contributed by atoms with E-state index in [2.05, 4.69) is 15.2 Å².